The Balaban J connectivity index is 2.11. The first-order chi connectivity index (χ1) is 8.56. The minimum atomic E-state index is 0.0563. The summed E-state index contributed by atoms with van der Waals surface area (Å²) in [6.07, 6.45) is 1.63. The molecule has 18 heavy (non-hydrogen) atoms. The molecular weight excluding hydrogens is 246 g/mol. The van der Waals surface area contributed by atoms with E-state index in [4.69, 9.17) is 0 Å². The number of anilines is 1. The second-order valence-corrected chi connectivity index (χ2v) is 5.20. The lowest BCUT2D eigenvalue weighted by molar-refractivity contribution is 0.102. The molecule has 0 spiro atoms. The predicted molar refractivity (Wildman–Crippen MR) is 73.2 cm³/mol. The van der Waals surface area contributed by atoms with Crippen LogP contribution in [0.5, 0.6) is 0 Å². The van der Waals surface area contributed by atoms with Crippen molar-refractivity contribution >= 4 is 22.3 Å². The summed E-state index contributed by atoms with van der Waals surface area (Å²) in [6, 6.07) is 5.96. The van der Waals surface area contributed by atoms with E-state index >= 15 is 0 Å². The summed E-state index contributed by atoms with van der Waals surface area (Å²) in [5.41, 5.74) is 2.00. The summed E-state index contributed by atoms with van der Waals surface area (Å²) in [7, 11) is 1.95. The Morgan fingerprint density at radius 3 is 2.83 bits per heavy atom. The lowest BCUT2D eigenvalue weighted by Gasteiger charge is -2.15. The van der Waals surface area contributed by atoms with E-state index in [2.05, 4.69) is 9.97 Å². The van der Waals surface area contributed by atoms with Gasteiger partial charge in [-0.05, 0) is 19.1 Å². The average Bonchev–Trinajstić information content (AvgIpc) is 2.78. The normalized spacial score (nSPS) is 10.4. The molecule has 0 bridgehead atoms. The topological polar surface area (TPSA) is 46.1 Å². The van der Waals surface area contributed by atoms with E-state index in [1.807, 2.05) is 37.1 Å². The Morgan fingerprint density at radius 2 is 2.22 bits per heavy atom. The first kappa shape index (κ1) is 12.7. The van der Waals surface area contributed by atoms with Gasteiger partial charge in [0.05, 0.1) is 23.3 Å². The van der Waals surface area contributed by atoms with E-state index in [-0.39, 0.29) is 5.78 Å². The lowest BCUT2D eigenvalue weighted by Crippen LogP contribution is -2.17. The summed E-state index contributed by atoms with van der Waals surface area (Å²) < 4.78 is 0. The number of Topliss-reactive ketones (excluding diaryl/α,β-unsaturated/α-hetero) is 1. The third kappa shape index (κ3) is 2.92. The van der Waals surface area contributed by atoms with Crippen LogP contribution in [-0.2, 0) is 6.54 Å². The number of rotatable bonds is 4. The number of hydrogen-bond acceptors (Lipinski definition) is 5. The molecule has 0 aliphatic carbocycles. The first-order valence-corrected chi connectivity index (χ1v) is 6.48. The van der Waals surface area contributed by atoms with Gasteiger partial charge in [0, 0.05) is 19.7 Å². The van der Waals surface area contributed by atoms with Crippen molar-refractivity contribution in [2.75, 3.05) is 11.9 Å². The molecule has 2 aromatic rings. The zero-order valence-corrected chi connectivity index (χ0v) is 11.5. The summed E-state index contributed by atoms with van der Waals surface area (Å²) >= 11 is 1.41. The summed E-state index contributed by atoms with van der Waals surface area (Å²) in [5, 5.41) is 0.837. The van der Waals surface area contributed by atoms with Crippen molar-refractivity contribution in [2.24, 2.45) is 0 Å². The molecule has 94 valence electrons. The standard InChI is InChI=1S/C13H15N3OS/c1-9-5-4-6-11(15-9)8-16(3)13-14-7-12(18-13)10(2)17/h4-7H,8H2,1-3H3. The second-order valence-electron chi connectivity index (χ2n) is 4.19. The molecule has 2 heterocycles. The van der Waals surface area contributed by atoms with Gasteiger partial charge in [-0.2, -0.15) is 0 Å². The molecule has 0 unspecified atom stereocenters. The van der Waals surface area contributed by atoms with E-state index in [9.17, 15) is 4.79 Å². The molecule has 0 aliphatic rings. The highest BCUT2D eigenvalue weighted by Gasteiger charge is 2.10. The lowest BCUT2D eigenvalue weighted by atomic mass is 10.3. The monoisotopic (exact) mass is 261 g/mol. The maximum absolute atomic E-state index is 11.2. The second kappa shape index (κ2) is 5.27. The highest BCUT2D eigenvalue weighted by Crippen LogP contribution is 2.22. The van der Waals surface area contributed by atoms with E-state index in [1.54, 1.807) is 13.1 Å². The van der Waals surface area contributed by atoms with E-state index in [0.29, 0.717) is 11.4 Å². The van der Waals surface area contributed by atoms with Crippen LogP contribution in [0.15, 0.2) is 24.4 Å². The molecule has 0 radical (unpaired) electrons. The van der Waals surface area contributed by atoms with Gasteiger partial charge in [0.25, 0.3) is 0 Å². The fourth-order valence-electron chi connectivity index (χ4n) is 1.60. The Hall–Kier alpha value is -1.75. The van der Waals surface area contributed by atoms with Crippen LogP contribution in [0.4, 0.5) is 5.13 Å². The maximum Gasteiger partial charge on any atom is 0.186 e. The fraction of sp³-hybridized carbons (Fsp3) is 0.308. The SMILES string of the molecule is CC(=O)c1cnc(N(C)Cc2cccc(C)n2)s1. The van der Waals surface area contributed by atoms with E-state index in [0.717, 1.165) is 16.5 Å². The van der Waals surface area contributed by atoms with Crippen LogP contribution < -0.4 is 4.90 Å². The van der Waals surface area contributed by atoms with Crippen LogP contribution in [0.1, 0.15) is 28.0 Å². The van der Waals surface area contributed by atoms with Crippen LogP contribution in [-0.4, -0.2) is 22.8 Å². The number of aryl methyl sites for hydroxylation is 1. The minimum Gasteiger partial charge on any atom is -0.345 e. The molecule has 0 fully saturated rings. The summed E-state index contributed by atoms with van der Waals surface area (Å²) in [5.74, 6) is 0.0563. The largest absolute Gasteiger partial charge is 0.345 e. The molecule has 5 heteroatoms. The van der Waals surface area contributed by atoms with Gasteiger partial charge >= 0.3 is 0 Å². The third-order valence-corrected chi connectivity index (χ3v) is 3.72. The van der Waals surface area contributed by atoms with E-state index in [1.165, 1.54) is 11.3 Å². The van der Waals surface area contributed by atoms with Gasteiger partial charge < -0.3 is 4.90 Å². The van der Waals surface area contributed by atoms with Crippen molar-refractivity contribution in [1.29, 1.82) is 0 Å². The summed E-state index contributed by atoms with van der Waals surface area (Å²) in [4.78, 5) is 22.6. The molecule has 0 saturated carbocycles. The number of carbonyl (C=O) groups excluding carboxylic acids is 1. The van der Waals surface area contributed by atoms with Crippen molar-refractivity contribution in [1.82, 2.24) is 9.97 Å². The number of ketones is 1. The average molecular weight is 261 g/mol. The van der Waals surface area contributed by atoms with Gasteiger partial charge in [-0.3, -0.25) is 9.78 Å². The Labute approximate surface area is 110 Å². The maximum atomic E-state index is 11.2. The van der Waals surface area contributed by atoms with Gasteiger partial charge in [0.1, 0.15) is 0 Å². The van der Waals surface area contributed by atoms with Crippen LogP contribution in [0, 0.1) is 6.92 Å². The Kier molecular flexibility index (Phi) is 3.72. The van der Waals surface area contributed by atoms with Crippen molar-refractivity contribution in [2.45, 2.75) is 20.4 Å². The number of hydrogen-bond donors (Lipinski definition) is 0. The van der Waals surface area contributed by atoms with Gasteiger partial charge in [-0.1, -0.05) is 17.4 Å². The van der Waals surface area contributed by atoms with Crippen LogP contribution >= 0.6 is 11.3 Å². The fourth-order valence-corrected chi connectivity index (χ4v) is 2.37. The molecule has 0 atom stereocenters. The minimum absolute atomic E-state index is 0.0563. The Morgan fingerprint density at radius 1 is 1.44 bits per heavy atom. The number of carbonyl (C=O) groups is 1. The van der Waals surface area contributed by atoms with Gasteiger partial charge in [0.2, 0.25) is 0 Å². The highest BCUT2D eigenvalue weighted by atomic mass is 32.1. The Bertz CT molecular complexity index is 565. The molecule has 2 rings (SSSR count). The molecule has 4 nitrogen and oxygen atoms in total. The number of aromatic nitrogens is 2. The molecule has 0 aliphatic heterocycles. The molecule has 0 N–H and O–H groups in total. The van der Waals surface area contributed by atoms with Crippen molar-refractivity contribution in [3.05, 3.63) is 40.7 Å². The molecule has 2 aromatic heterocycles. The third-order valence-electron chi connectivity index (χ3n) is 2.51. The first-order valence-electron chi connectivity index (χ1n) is 5.66. The molecular formula is C13H15N3OS. The molecule has 0 aromatic carbocycles. The predicted octanol–water partition coefficient (Wildman–Crippen LogP) is 2.69. The van der Waals surface area contributed by atoms with Crippen LogP contribution in [0.3, 0.4) is 0 Å². The summed E-state index contributed by atoms with van der Waals surface area (Å²) in [6.45, 7) is 4.21. The number of pyridine rings is 1. The van der Waals surface area contributed by atoms with Gasteiger partial charge in [-0.25, -0.2) is 4.98 Å². The zero-order valence-electron chi connectivity index (χ0n) is 10.7. The smallest absolute Gasteiger partial charge is 0.186 e. The van der Waals surface area contributed by atoms with Gasteiger partial charge in [0.15, 0.2) is 10.9 Å². The van der Waals surface area contributed by atoms with E-state index < -0.39 is 0 Å². The van der Waals surface area contributed by atoms with Crippen LogP contribution in [0.25, 0.3) is 0 Å². The number of thiazole rings is 1. The van der Waals surface area contributed by atoms with Crippen LogP contribution in [0.2, 0.25) is 0 Å². The van der Waals surface area contributed by atoms with Crippen molar-refractivity contribution < 1.29 is 4.79 Å². The highest BCUT2D eigenvalue weighted by molar-refractivity contribution is 7.17. The number of nitrogens with zero attached hydrogens (tertiary/aromatic N) is 3. The van der Waals surface area contributed by atoms with Crippen molar-refractivity contribution in [3.63, 3.8) is 0 Å². The zero-order chi connectivity index (χ0) is 13.1. The molecule has 0 amide bonds. The van der Waals surface area contributed by atoms with Gasteiger partial charge in [-0.15, -0.1) is 0 Å². The molecule has 0 saturated heterocycles. The van der Waals surface area contributed by atoms with Crippen molar-refractivity contribution in [3.8, 4) is 0 Å². The quantitative estimate of drug-likeness (QED) is 0.794.